The number of halogens is 3. The first-order chi connectivity index (χ1) is 8.03. The van der Waals surface area contributed by atoms with E-state index in [0.717, 1.165) is 0 Å². The molecule has 0 bridgehead atoms. The Bertz CT molecular complexity index is 363. The second-order valence-electron chi connectivity index (χ2n) is 3.23. The van der Waals surface area contributed by atoms with Gasteiger partial charge in [-0.3, -0.25) is 4.79 Å². The van der Waals surface area contributed by atoms with Crippen LogP contribution in [0.25, 0.3) is 0 Å². The molecule has 0 unspecified atom stereocenters. The van der Waals surface area contributed by atoms with Crippen LogP contribution in [0.1, 0.15) is 12.0 Å². The lowest BCUT2D eigenvalue weighted by molar-refractivity contribution is -0.274. The van der Waals surface area contributed by atoms with E-state index in [0.29, 0.717) is 24.9 Å². The highest BCUT2D eigenvalue weighted by Crippen LogP contribution is 2.26. The Morgan fingerprint density at radius 1 is 1.24 bits per heavy atom. The molecule has 1 aromatic carbocycles. The summed E-state index contributed by atoms with van der Waals surface area (Å²) in [6.45, 7) is 0.474. The normalized spacial score (nSPS) is 11.0. The molecule has 0 aliphatic rings. The smallest absolute Gasteiger partial charge is 0.468 e. The monoisotopic (exact) mass is 248 g/mol. The quantitative estimate of drug-likeness (QED) is 0.573. The van der Waals surface area contributed by atoms with Crippen molar-refractivity contribution in [3.05, 3.63) is 29.8 Å². The first-order valence-corrected chi connectivity index (χ1v) is 4.92. The van der Waals surface area contributed by atoms with Crippen molar-refractivity contribution < 1.29 is 27.4 Å². The maximum Gasteiger partial charge on any atom is 0.573 e. The summed E-state index contributed by atoms with van der Waals surface area (Å²) in [5.74, 6) is -0.217. The summed E-state index contributed by atoms with van der Waals surface area (Å²) in [7, 11) is 0. The van der Waals surface area contributed by atoms with E-state index in [2.05, 4.69) is 9.47 Å². The SMILES string of the molecule is O=COCCCc1ccccc1OC(F)(F)F. The minimum absolute atomic E-state index is 0.170. The van der Waals surface area contributed by atoms with Crippen LogP contribution in [0.2, 0.25) is 0 Å². The van der Waals surface area contributed by atoms with Crippen LogP contribution in [0.5, 0.6) is 5.75 Å². The van der Waals surface area contributed by atoms with E-state index >= 15 is 0 Å². The fraction of sp³-hybridized carbons (Fsp3) is 0.364. The van der Waals surface area contributed by atoms with Gasteiger partial charge in [0.2, 0.25) is 0 Å². The maximum absolute atomic E-state index is 12.1. The summed E-state index contributed by atoms with van der Waals surface area (Å²) in [5, 5.41) is 0. The molecule has 0 N–H and O–H groups in total. The molecule has 1 aromatic rings. The van der Waals surface area contributed by atoms with Crippen LogP contribution in [0.4, 0.5) is 13.2 Å². The van der Waals surface area contributed by atoms with Gasteiger partial charge in [0.05, 0.1) is 6.61 Å². The maximum atomic E-state index is 12.1. The van der Waals surface area contributed by atoms with Crippen LogP contribution in [0.3, 0.4) is 0 Å². The Balaban J connectivity index is 2.61. The zero-order valence-electron chi connectivity index (χ0n) is 8.87. The average molecular weight is 248 g/mol. The fourth-order valence-corrected chi connectivity index (χ4v) is 1.33. The Morgan fingerprint density at radius 2 is 1.94 bits per heavy atom. The molecule has 6 heteroatoms. The third kappa shape index (κ3) is 5.24. The first-order valence-electron chi connectivity index (χ1n) is 4.92. The summed E-state index contributed by atoms with van der Waals surface area (Å²) in [5.41, 5.74) is 0.430. The number of ether oxygens (including phenoxy) is 2. The highest BCUT2D eigenvalue weighted by Gasteiger charge is 2.31. The zero-order chi connectivity index (χ0) is 12.7. The Morgan fingerprint density at radius 3 is 2.59 bits per heavy atom. The molecule has 0 atom stereocenters. The molecule has 3 nitrogen and oxygen atoms in total. The lowest BCUT2D eigenvalue weighted by Gasteiger charge is -2.12. The highest BCUT2D eigenvalue weighted by molar-refractivity contribution is 5.37. The van der Waals surface area contributed by atoms with E-state index in [1.54, 1.807) is 12.1 Å². The van der Waals surface area contributed by atoms with Gasteiger partial charge in [-0.1, -0.05) is 18.2 Å². The highest BCUT2D eigenvalue weighted by atomic mass is 19.4. The summed E-state index contributed by atoms with van der Waals surface area (Å²) in [6.07, 6.45) is -3.91. The topological polar surface area (TPSA) is 35.5 Å². The molecule has 0 fully saturated rings. The average Bonchev–Trinajstić information content (AvgIpc) is 2.24. The molecule has 0 aliphatic heterocycles. The van der Waals surface area contributed by atoms with Crippen molar-refractivity contribution in [1.29, 1.82) is 0 Å². The van der Waals surface area contributed by atoms with Crippen molar-refractivity contribution >= 4 is 6.47 Å². The van der Waals surface area contributed by atoms with Crippen LogP contribution in [-0.2, 0) is 16.0 Å². The Labute approximate surface area is 96.1 Å². The predicted molar refractivity (Wildman–Crippen MR) is 53.5 cm³/mol. The summed E-state index contributed by atoms with van der Waals surface area (Å²) >= 11 is 0. The number of carbonyl (C=O) groups is 1. The molecular formula is C11H11F3O3. The molecule has 1 rings (SSSR count). The van der Waals surface area contributed by atoms with E-state index < -0.39 is 6.36 Å². The van der Waals surface area contributed by atoms with Gasteiger partial charge in [0.25, 0.3) is 6.47 Å². The molecule has 0 saturated carbocycles. The van der Waals surface area contributed by atoms with Crippen LogP contribution >= 0.6 is 0 Å². The number of benzene rings is 1. The van der Waals surface area contributed by atoms with Crippen molar-refractivity contribution in [3.63, 3.8) is 0 Å². The number of hydrogen-bond donors (Lipinski definition) is 0. The van der Waals surface area contributed by atoms with Crippen LogP contribution in [0, 0.1) is 0 Å². The van der Waals surface area contributed by atoms with Gasteiger partial charge in [0.15, 0.2) is 0 Å². The van der Waals surface area contributed by atoms with Gasteiger partial charge in [0, 0.05) is 0 Å². The third-order valence-electron chi connectivity index (χ3n) is 1.97. The first kappa shape index (κ1) is 13.3. The summed E-state index contributed by atoms with van der Waals surface area (Å²) in [4.78, 5) is 9.88. The molecule has 0 amide bonds. The van der Waals surface area contributed by atoms with Crippen LogP contribution in [-0.4, -0.2) is 19.4 Å². The van der Waals surface area contributed by atoms with Gasteiger partial charge < -0.3 is 9.47 Å². The number of alkyl halides is 3. The van der Waals surface area contributed by atoms with E-state index in [1.165, 1.54) is 12.1 Å². The molecule has 0 aromatic heterocycles. The minimum Gasteiger partial charge on any atom is -0.468 e. The molecule has 0 heterocycles. The van der Waals surface area contributed by atoms with Gasteiger partial charge in [-0.15, -0.1) is 13.2 Å². The molecule has 0 spiro atoms. The van der Waals surface area contributed by atoms with E-state index in [-0.39, 0.29) is 12.4 Å². The van der Waals surface area contributed by atoms with Crippen molar-refractivity contribution in [2.75, 3.05) is 6.61 Å². The van der Waals surface area contributed by atoms with Gasteiger partial charge in [-0.2, -0.15) is 0 Å². The largest absolute Gasteiger partial charge is 0.573 e. The van der Waals surface area contributed by atoms with Crippen molar-refractivity contribution in [1.82, 2.24) is 0 Å². The summed E-state index contributed by atoms with van der Waals surface area (Å²) in [6, 6.07) is 5.89. The second-order valence-corrected chi connectivity index (χ2v) is 3.23. The molecule has 94 valence electrons. The Kier molecular flexibility index (Phi) is 4.81. The number of aryl methyl sites for hydroxylation is 1. The number of para-hydroxylation sites is 1. The molecule has 17 heavy (non-hydrogen) atoms. The lowest BCUT2D eigenvalue weighted by Crippen LogP contribution is -2.18. The summed E-state index contributed by atoms with van der Waals surface area (Å²) < 4.78 is 44.5. The van der Waals surface area contributed by atoms with Gasteiger partial charge >= 0.3 is 6.36 Å². The van der Waals surface area contributed by atoms with Gasteiger partial charge in [0.1, 0.15) is 5.75 Å². The molecule has 0 aliphatic carbocycles. The van der Waals surface area contributed by atoms with Gasteiger partial charge in [-0.05, 0) is 24.5 Å². The zero-order valence-corrected chi connectivity index (χ0v) is 8.87. The number of carbonyl (C=O) groups excluding carboxylic acids is 1. The van der Waals surface area contributed by atoms with Crippen LogP contribution < -0.4 is 4.74 Å². The van der Waals surface area contributed by atoms with E-state index in [4.69, 9.17) is 0 Å². The van der Waals surface area contributed by atoms with Crippen molar-refractivity contribution in [3.8, 4) is 5.75 Å². The third-order valence-corrected chi connectivity index (χ3v) is 1.97. The number of rotatable bonds is 6. The van der Waals surface area contributed by atoms with Crippen molar-refractivity contribution in [2.45, 2.75) is 19.2 Å². The molecule has 0 saturated heterocycles. The second kappa shape index (κ2) is 6.12. The van der Waals surface area contributed by atoms with Gasteiger partial charge in [-0.25, -0.2) is 0 Å². The fourth-order valence-electron chi connectivity index (χ4n) is 1.33. The standard InChI is InChI=1S/C11H11F3O3/c12-11(13,14)17-10-6-2-1-4-9(10)5-3-7-16-8-15/h1-2,4,6,8H,3,5,7H2. The predicted octanol–water partition coefficient (Wildman–Crippen LogP) is 2.69. The Hall–Kier alpha value is -1.72. The lowest BCUT2D eigenvalue weighted by atomic mass is 10.1. The number of hydrogen-bond acceptors (Lipinski definition) is 3. The minimum atomic E-state index is -4.70. The van der Waals surface area contributed by atoms with Crippen molar-refractivity contribution in [2.24, 2.45) is 0 Å². The molecule has 0 radical (unpaired) electrons. The van der Waals surface area contributed by atoms with E-state index in [1.807, 2.05) is 0 Å². The van der Waals surface area contributed by atoms with E-state index in [9.17, 15) is 18.0 Å². The molecular weight excluding hydrogens is 237 g/mol. The van der Waals surface area contributed by atoms with Crippen LogP contribution in [0.15, 0.2) is 24.3 Å².